The van der Waals surface area contributed by atoms with Crippen molar-refractivity contribution in [1.29, 1.82) is 0 Å². The van der Waals surface area contributed by atoms with Crippen molar-refractivity contribution in [3.8, 4) is 0 Å². The fourth-order valence-electron chi connectivity index (χ4n) is 2.93. The predicted octanol–water partition coefficient (Wildman–Crippen LogP) is 4.89. The van der Waals surface area contributed by atoms with Gasteiger partial charge in [-0.25, -0.2) is 0 Å². The van der Waals surface area contributed by atoms with Gasteiger partial charge in [-0.15, -0.1) is 0 Å². The van der Waals surface area contributed by atoms with Crippen LogP contribution in [-0.4, -0.2) is 24.4 Å². The van der Waals surface area contributed by atoms with Crippen LogP contribution in [0.5, 0.6) is 0 Å². The van der Waals surface area contributed by atoms with Crippen LogP contribution in [-0.2, 0) is 13.1 Å². The van der Waals surface area contributed by atoms with Crippen LogP contribution in [0.15, 0.2) is 51.4 Å². The zero-order valence-electron chi connectivity index (χ0n) is 15.3. The number of fused-ring (bicyclic) bond motifs is 1. The van der Waals surface area contributed by atoms with Gasteiger partial charge in [0, 0.05) is 28.5 Å². The van der Waals surface area contributed by atoms with Gasteiger partial charge in [0.2, 0.25) is 0 Å². The SMILES string of the molecule is CCN(C)Cc1cccc(CNC(=O)c2oc3ccc(Br)cc3c2C)c1. The van der Waals surface area contributed by atoms with Crippen molar-refractivity contribution in [2.45, 2.75) is 26.9 Å². The molecule has 1 amide bonds. The van der Waals surface area contributed by atoms with Crippen molar-refractivity contribution in [2.24, 2.45) is 0 Å². The molecule has 0 saturated carbocycles. The number of benzene rings is 2. The number of carbonyl (C=O) groups is 1. The molecule has 5 heteroatoms. The van der Waals surface area contributed by atoms with Gasteiger partial charge in [-0.1, -0.05) is 47.1 Å². The molecule has 3 aromatic rings. The Morgan fingerprint density at radius 1 is 1.19 bits per heavy atom. The third kappa shape index (κ3) is 4.17. The highest BCUT2D eigenvalue weighted by Gasteiger charge is 2.17. The number of furan rings is 1. The summed E-state index contributed by atoms with van der Waals surface area (Å²) in [5.41, 5.74) is 3.90. The van der Waals surface area contributed by atoms with Gasteiger partial charge in [-0.2, -0.15) is 0 Å². The number of hydrogen-bond acceptors (Lipinski definition) is 3. The van der Waals surface area contributed by atoms with Gasteiger partial charge in [0.25, 0.3) is 5.91 Å². The van der Waals surface area contributed by atoms with E-state index >= 15 is 0 Å². The molecule has 0 aliphatic heterocycles. The Bertz CT molecular complexity index is 933. The molecule has 0 fully saturated rings. The molecule has 136 valence electrons. The average Bonchev–Trinajstić information content (AvgIpc) is 2.96. The van der Waals surface area contributed by atoms with E-state index in [4.69, 9.17) is 4.42 Å². The number of aryl methyl sites for hydroxylation is 1. The molecular formula is C21H23BrN2O2. The molecule has 0 saturated heterocycles. The molecular weight excluding hydrogens is 392 g/mol. The van der Waals surface area contributed by atoms with Crippen LogP contribution in [0, 0.1) is 6.92 Å². The largest absolute Gasteiger partial charge is 0.451 e. The number of nitrogens with one attached hydrogen (secondary N) is 1. The van der Waals surface area contributed by atoms with Crippen LogP contribution < -0.4 is 5.32 Å². The number of halogens is 1. The highest BCUT2D eigenvalue weighted by atomic mass is 79.9. The van der Waals surface area contributed by atoms with E-state index in [0.717, 1.165) is 39.7 Å². The summed E-state index contributed by atoms with van der Waals surface area (Å²) < 4.78 is 6.72. The Hall–Kier alpha value is -2.11. The lowest BCUT2D eigenvalue weighted by Crippen LogP contribution is -2.23. The number of rotatable bonds is 6. The summed E-state index contributed by atoms with van der Waals surface area (Å²) in [5.74, 6) is 0.186. The van der Waals surface area contributed by atoms with Gasteiger partial charge in [0.05, 0.1) is 0 Å². The Morgan fingerprint density at radius 3 is 2.73 bits per heavy atom. The van der Waals surface area contributed by atoms with Crippen molar-refractivity contribution < 1.29 is 9.21 Å². The first kappa shape index (κ1) is 18.7. The number of nitrogens with zero attached hydrogens (tertiary/aromatic N) is 1. The van der Waals surface area contributed by atoms with E-state index in [1.807, 2.05) is 37.3 Å². The lowest BCUT2D eigenvalue weighted by atomic mass is 10.1. The zero-order valence-corrected chi connectivity index (χ0v) is 16.9. The summed E-state index contributed by atoms with van der Waals surface area (Å²) in [6.45, 7) is 6.42. The van der Waals surface area contributed by atoms with Gasteiger partial charge in [-0.3, -0.25) is 4.79 Å². The lowest BCUT2D eigenvalue weighted by Gasteiger charge is -2.14. The molecule has 3 rings (SSSR count). The normalized spacial score (nSPS) is 11.3. The summed E-state index contributed by atoms with van der Waals surface area (Å²) in [7, 11) is 2.09. The van der Waals surface area contributed by atoms with Gasteiger partial charge in [0.15, 0.2) is 5.76 Å². The van der Waals surface area contributed by atoms with Crippen molar-refractivity contribution in [2.75, 3.05) is 13.6 Å². The first-order valence-electron chi connectivity index (χ1n) is 8.71. The average molecular weight is 415 g/mol. The highest BCUT2D eigenvalue weighted by Crippen LogP contribution is 2.28. The van der Waals surface area contributed by atoms with Gasteiger partial charge >= 0.3 is 0 Å². The summed E-state index contributed by atoms with van der Waals surface area (Å²) in [6.07, 6.45) is 0. The van der Waals surface area contributed by atoms with E-state index in [0.29, 0.717) is 12.3 Å². The molecule has 1 N–H and O–H groups in total. The quantitative estimate of drug-likeness (QED) is 0.624. The maximum atomic E-state index is 12.6. The molecule has 0 aliphatic carbocycles. The fourth-order valence-corrected chi connectivity index (χ4v) is 3.29. The van der Waals surface area contributed by atoms with Crippen LogP contribution >= 0.6 is 15.9 Å². The van der Waals surface area contributed by atoms with Crippen molar-refractivity contribution in [3.05, 3.63) is 69.4 Å². The van der Waals surface area contributed by atoms with Crippen LogP contribution in [0.1, 0.15) is 34.2 Å². The van der Waals surface area contributed by atoms with Crippen molar-refractivity contribution >= 4 is 32.8 Å². The molecule has 0 bridgehead atoms. The third-order valence-corrected chi connectivity index (χ3v) is 5.03. The Morgan fingerprint density at radius 2 is 1.96 bits per heavy atom. The van der Waals surface area contributed by atoms with Gasteiger partial charge < -0.3 is 14.6 Å². The predicted molar refractivity (Wildman–Crippen MR) is 108 cm³/mol. The Balaban J connectivity index is 1.71. The van der Waals surface area contributed by atoms with Crippen molar-refractivity contribution in [1.82, 2.24) is 10.2 Å². The number of amides is 1. The molecule has 1 heterocycles. The molecule has 4 nitrogen and oxygen atoms in total. The Kier molecular flexibility index (Phi) is 5.79. The van der Waals surface area contributed by atoms with Crippen LogP contribution in [0.25, 0.3) is 11.0 Å². The number of carbonyl (C=O) groups excluding carboxylic acids is 1. The molecule has 0 unspecified atom stereocenters. The standard InChI is InChI=1S/C21H23BrN2O2/c1-4-24(3)13-16-7-5-6-15(10-16)12-23-21(25)20-14(2)18-11-17(22)8-9-19(18)26-20/h5-11H,4,12-13H2,1-3H3,(H,23,25). The maximum Gasteiger partial charge on any atom is 0.287 e. The second kappa shape index (κ2) is 8.06. The molecule has 1 aromatic heterocycles. The molecule has 0 spiro atoms. The minimum Gasteiger partial charge on any atom is -0.451 e. The van der Waals surface area contributed by atoms with Gasteiger partial charge in [-0.05, 0) is 49.8 Å². The smallest absolute Gasteiger partial charge is 0.287 e. The van der Waals surface area contributed by atoms with Gasteiger partial charge in [0.1, 0.15) is 5.58 Å². The fraction of sp³-hybridized carbons (Fsp3) is 0.286. The maximum absolute atomic E-state index is 12.6. The monoisotopic (exact) mass is 414 g/mol. The molecule has 0 aliphatic rings. The van der Waals surface area contributed by atoms with E-state index in [2.05, 4.69) is 52.3 Å². The highest BCUT2D eigenvalue weighted by molar-refractivity contribution is 9.10. The minimum absolute atomic E-state index is 0.189. The van der Waals surface area contributed by atoms with Crippen LogP contribution in [0.3, 0.4) is 0 Å². The summed E-state index contributed by atoms with van der Waals surface area (Å²) in [6, 6.07) is 14.1. The first-order valence-corrected chi connectivity index (χ1v) is 9.50. The second-order valence-electron chi connectivity index (χ2n) is 6.53. The summed E-state index contributed by atoms with van der Waals surface area (Å²) in [5, 5.41) is 3.92. The molecule has 0 atom stereocenters. The van der Waals surface area contributed by atoms with E-state index in [1.54, 1.807) is 0 Å². The minimum atomic E-state index is -0.189. The van der Waals surface area contributed by atoms with E-state index < -0.39 is 0 Å². The summed E-state index contributed by atoms with van der Waals surface area (Å²) in [4.78, 5) is 14.8. The van der Waals surface area contributed by atoms with Crippen molar-refractivity contribution in [3.63, 3.8) is 0 Å². The number of hydrogen-bond donors (Lipinski definition) is 1. The zero-order chi connectivity index (χ0) is 18.7. The van der Waals surface area contributed by atoms with E-state index in [-0.39, 0.29) is 5.91 Å². The molecule has 26 heavy (non-hydrogen) atoms. The van der Waals surface area contributed by atoms with Crippen LogP contribution in [0.4, 0.5) is 0 Å². The topological polar surface area (TPSA) is 45.5 Å². The summed E-state index contributed by atoms with van der Waals surface area (Å²) >= 11 is 3.46. The Labute approximate surface area is 162 Å². The lowest BCUT2D eigenvalue weighted by molar-refractivity contribution is 0.0924. The first-order chi connectivity index (χ1) is 12.5. The molecule has 2 aromatic carbocycles. The second-order valence-corrected chi connectivity index (χ2v) is 7.45. The van der Waals surface area contributed by atoms with E-state index in [9.17, 15) is 4.79 Å². The third-order valence-electron chi connectivity index (χ3n) is 4.54. The van der Waals surface area contributed by atoms with E-state index in [1.165, 1.54) is 5.56 Å². The molecule has 0 radical (unpaired) electrons. The van der Waals surface area contributed by atoms with Crippen LogP contribution in [0.2, 0.25) is 0 Å².